The highest BCUT2D eigenvalue weighted by atomic mass is 15.3. The highest BCUT2D eigenvalue weighted by molar-refractivity contribution is 4.96. The van der Waals surface area contributed by atoms with Crippen LogP contribution >= 0.6 is 0 Å². The molecule has 2 N–H and O–H groups in total. The van der Waals surface area contributed by atoms with Crippen molar-refractivity contribution in [1.82, 2.24) is 4.90 Å². The number of fused-ring (bicyclic) bond motifs is 1. The second-order valence-electron chi connectivity index (χ2n) is 2.93. The number of hydrogen-bond donors (Lipinski definition) is 1. The van der Waals surface area contributed by atoms with Crippen LogP contribution < -0.4 is 5.73 Å². The fraction of sp³-hybridized carbons (Fsp3) is 1.00. The topological polar surface area (TPSA) is 29.0 Å². The van der Waals surface area contributed by atoms with Gasteiger partial charge in [0.25, 0.3) is 0 Å². The molecule has 2 fully saturated rings. The summed E-state index contributed by atoms with van der Waals surface area (Å²) in [5.74, 6) is 0. The van der Waals surface area contributed by atoms with Crippen LogP contribution in [0.5, 0.6) is 0 Å². The zero-order chi connectivity index (χ0) is 5.56. The molecule has 0 bridgehead atoms. The van der Waals surface area contributed by atoms with Gasteiger partial charge in [0.15, 0.2) is 0 Å². The summed E-state index contributed by atoms with van der Waals surface area (Å²) in [6.45, 7) is 2.58. The largest absolute Gasteiger partial charge is 0.328 e. The minimum absolute atomic E-state index is 0.513. The Bertz CT molecular complexity index is 103. The van der Waals surface area contributed by atoms with Crippen molar-refractivity contribution in [2.45, 2.75) is 24.9 Å². The first-order valence-electron chi connectivity index (χ1n) is 3.36. The Morgan fingerprint density at radius 2 is 2.38 bits per heavy atom. The van der Waals surface area contributed by atoms with E-state index in [-0.39, 0.29) is 0 Å². The lowest BCUT2D eigenvalue weighted by Gasteiger charge is -2.16. The smallest absolute Gasteiger partial charge is 0.0238 e. The monoisotopic (exact) mass is 112 g/mol. The van der Waals surface area contributed by atoms with E-state index in [2.05, 4.69) is 4.90 Å². The van der Waals surface area contributed by atoms with Crippen molar-refractivity contribution in [1.29, 1.82) is 0 Å². The highest BCUT2D eigenvalue weighted by Gasteiger charge is 2.38. The summed E-state index contributed by atoms with van der Waals surface area (Å²) in [5.41, 5.74) is 5.73. The molecule has 0 radical (unpaired) electrons. The van der Waals surface area contributed by atoms with Gasteiger partial charge in [0, 0.05) is 25.2 Å². The Morgan fingerprint density at radius 3 is 3.00 bits per heavy atom. The van der Waals surface area contributed by atoms with Crippen LogP contribution in [0.3, 0.4) is 0 Å². The third-order valence-electron chi connectivity index (χ3n) is 2.19. The van der Waals surface area contributed by atoms with Crippen LogP contribution in [0.4, 0.5) is 0 Å². The highest BCUT2D eigenvalue weighted by Crippen LogP contribution is 2.27. The first-order chi connectivity index (χ1) is 3.86. The Balaban J connectivity index is 1.93. The lowest BCUT2D eigenvalue weighted by atomic mass is 10.1. The predicted molar refractivity (Wildman–Crippen MR) is 32.6 cm³/mol. The number of rotatable bonds is 0. The van der Waals surface area contributed by atoms with E-state index in [1.807, 2.05) is 0 Å². The summed E-state index contributed by atoms with van der Waals surface area (Å²) in [5, 5.41) is 0. The van der Waals surface area contributed by atoms with Crippen LogP contribution in [-0.4, -0.2) is 30.1 Å². The Hall–Kier alpha value is -0.0800. The second kappa shape index (κ2) is 1.45. The molecule has 3 unspecified atom stereocenters. The minimum atomic E-state index is 0.513. The molecule has 2 aliphatic rings. The first kappa shape index (κ1) is 4.77. The van der Waals surface area contributed by atoms with E-state index in [4.69, 9.17) is 5.73 Å². The van der Waals surface area contributed by atoms with E-state index in [1.54, 1.807) is 0 Å². The van der Waals surface area contributed by atoms with Crippen LogP contribution in [0.25, 0.3) is 0 Å². The molecule has 0 aromatic carbocycles. The van der Waals surface area contributed by atoms with Crippen molar-refractivity contribution in [3.63, 3.8) is 0 Å². The summed E-state index contributed by atoms with van der Waals surface area (Å²) in [6, 6.07) is 1.40. The molecule has 0 amide bonds. The normalized spacial score (nSPS) is 52.9. The van der Waals surface area contributed by atoms with Crippen molar-refractivity contribution >= 4 is 0 Å². The van der Waals surface area contributed by atoms with Gasteiger partial charge in [-0.1, -0.05) is 0 Å². The van der Waals surface area contributed by atoms with Gasteiger partial charge in [-0.3, -0.25) is 4.90 Å². The van der Waals surface area contributed by atoms with E-state index in [0.717, 1.165) is 6.04 Å². The Labute approximate surface area is 49.7 Å². The van der Waals surface area contributed by atoms with Gasteiger partial charge in [0.05, 0.1) is 0 Å². The average molecular weight is 112 g/mol. The first-order valence-corrected chi connectivity index (χ1v) is 3.36. The van der Waals surface area contributed by atoms with Gasteiger partial charge in [-0.15, -0.1) is 0 Å². The lowest BCUT2D eigenvalue weighted by Crippen LogP contribution is -2.30. The molecule has 0 spiro atoms. The zero-order valence-electron chi connectivity index (χ0n) is 5.01. The molecular weight excluding hydrogens is 100 g/mol. The van der Waals surface area contributed by atoms with E-state index >= 15 is 0 Å². The maximum atomic E-state index is 5.73. The van der Waals surface area contributed by atoms with E-state index < -0.39 is 0 Å². The van der Waals surface area contributed by atoms with Crippen LogP contribution in [0.15, 0.2) is 0 Å². The van der Waals surface area contributed by atoms with E-state index in [9.17, 15) is 0 Å². The predicted octanol–water partition coefficient (Wildman–Crippen LogP) is -0.208. The molecule has 2 rings (SSSR count). The molecule has 2 heterocycles. The van der Waals surface area contributed by atoms with Crippen LogP contribution in [0.2, 0.25) is 0 Å². The molecule has 3 atom stereocenters. The zero-order valence-corrected chi connectivity index (χ0v) is 5.01. The molecular formula is C6H12N2. The van der Waals surface area contributed by atoms with Crippen LogP contribution in [0.1, 0.15) is 12.8 Å². The summed E-state index contributed by atoms with van der Waals surface area (Å²) in [4.78, 5) is 2.49. The second-order valence-corrected chi connectivity index (χ2v) is 2.93. The summed E-state index contributed by atoms with van der Waals surface area (Å²) >= 11 is 0. The van der Waals surface area contributed by atoms with Crippen molar-refractivity contribution in [3.8, 4) is 0 Å². The minimum Gasteiger partial charge on any atom is -0.328 e. The Morgan fingerprint density at radius 1 is 1.50 bits per heavy atom. The van der Waals surface area contributed by atoms with Gasteiger partial charge in [-0.05, 0) is 12.8 Å². The molecule has 46 valence electrons. The molecule has 2 saturated heterocycles. The maximum Gasteiger partial charge on any atom is 0.0238 e. The Kier molecular flexibility index (Phi) is 0.866. The average Bonchev–Trinajstić information content (AvgIpc) is 2.43. The molecule has 2 heteroatoms. The summed E-state index contributed by atoms with van der Waals surface area (Å²) in [7, 11) is 0. The molecule has 2 aliphatic heterocycles. The molecule has 8 heavy (non-hydrogen) atoms. The molecule has 0 aliphatic carbocycles. The SMILES string of the molecule is NC1CCN2CC2C1. The standard InChI is InChI=1S/C6H12N2/c7-5-1-2-8-4-6(8)3-5/h5-6H,1-4,7H2. The number of hydrogen-bond acceptors (Lipinski definition) is 2. The molecule has 0 aromatic rings. The fourth-order valence-corrected chi connectivity index (χ4v) is 1.52. The van der Waals surface area contributed by atoms with Gasteiger partial charge >= 0.3 is 0 Å². The van der Waals surface area contributed by atoms with Gasteiger partial charge < -0.3 is 5.73 Å². The molecule has 0 saturated carbocycles. The fourth-order valence-electron chi connectivity index (χ4n) is 1.52. The number of piperidine rings is 1. The van der Waals surface area contributed by atoms with Crippen LogP contribution in [0, 0.1) is 0 Å². The molecule has 2 nitrogen and oxygen atoms in total. The van der Waals surface area contributed by atoms with Crippen molar-refractivity contribution in [2.24, 2.45) is 5.73 Å². The van der Waals surface area contributed by atoms with Gasteiger partial charge in [0.1, 0.15) is 0 Å². The molecule has 0 aromatic heterocycles. The van der Waals surface area contributed by atoms with E-state index in [0.29, 0.717) is 6.04 Å². The third kappa shape index (κ3) is 0.644. The van der Waals surface area contributed by atoms with Gasteiger partial charge in [-0.2, -0.15) is 0 Å². The maximum absolute atomic E-state index is 5.73. The van der Waals surface area contributed by atoms with Gasteiger partial charge in [-0.25, -0.2) is 0 Å². The number of nitrogens with zero attached hydrogens (tertiary/aromatic N) is 1. The summed E-state index contributed by atoms with van der Waals surface area (Å²) < 4.78 is 0. The van der Waals surface area contributed by atoms with E-state index in [1.165, 1.54) is 25.9 Å². The third-order valence-corrected chi connectivity index (χ3v) is 2.19. The summed E-state index contributed by atoms with van der Waals surface area (Å²) in [6.07, 6.45) is 2.47. The van der Waals surface area contributed by atoms with Crippen molar-refractivity contribution in [2.75, 3.05) is 13.1 Å². The van der Waals surface area contributed by atoms with Crippen LogP contribution in [-0.2, 0) is 0 Å². The van der Waals surface area contributed by atoms with Crippen molar-refractivity contribution in [3.05, 3.63) is 0 Å². The lowest BCUT2D eigenvalue weighted by molar-refractivity contribution is 0.373. The van der Waals surface area contributed by atoms with Gasteiger partial charge in [0.2, 0.25) is 0 Å². The number of nitrogens with two attached hydrogens (primary N) is 1. The van der Waals surface area contributed by atoms with Crippen molar-refractivity contribution < 1.29 is 0 Å². The quantitative estimate of drug-likeness (QED) is 0.439.